The van der Waals surface area contributed by atoms with Crippen molar-refractivity contribution in [2.45, 2.75) is 52.7 Å². The first kappa shape index (κ1) is 16.5. The minimum Gasteiger partial charge on any atom is -0.484 e. The van der Waals surface area contributed by atoms with E-state index in [0.29, 0.717) is 0 Å². The van der Waals surface area contributed by atoms with Gasteiger partial charge in [0.1, 0.15) is 18.0 Å². The van der Waals surface area contributed by atoms with Crippen molar-refractivity contribution < 1.29 is 14.3 Å². The van der Waals surface area contributed by atoms with Crippen molar-refractivity contribution in [2.75, 3.05) is 0 Å². The molecule has 0 aromatic heterocycles. The van der Waals surface area contributed by atoms with E-state index in [1.165, 1.54) is 0 Å². The molecule has 0 atom stereocenters. The Balaban J connectivity index is 0.00000137. The van der Waals surface area contributed by atoms with Gasteiger partial charge in [-0.05, 0) is 53.7 Å². The molecule has 1 aromatic rings. The fourth-order valence-corrected chi connectivity index (χ4v) is 1.28. The minimum atomic E-state index is -0.211. The van der Waals surface area contributed by atoms with Crippen molar-refractivity contribution in [3.8, 4) is 11.5 Å². The van der Waals surface area contributed by atoms with Crippen molar-refractivity contribution in [2.24, 2.45) is 0 Å². The molecule has 0 spiro atoms. The summed E-state index contributed by atoms with van der Waals surface area (Å²) in [6.07, 6.45) is 0. The molecule has 0 aliphatic carbocycles. The lowest BCUT2D eigenvalue weighted by atomic mass is 10.1. The van der Waals surface area contributed by atoms with Gasteiger partial charge in [0.25, 0.3) is 0 Å². The lowest BCUT2D eigenvalue weighted by Crippen LogP contribution is -2.26. The lowest BCUT2D eigenvalue weighted by molar-refractivity contribution is -0.0979. The Labute approximate surface area is 110 Å². The molecular weight excluding hydrogens is 228 g/mol. The zero-order valence-electron chi connectivity index (χ0n) is 12.2. The fourth-order valence-electron chi connectivity index (χ4n) is 1.28. The Bertz CT molecular complexity index is 324. The second kappa shape index (κ2) is 6.43. The zero-order chi connectivity index (χ0) is 14.4. The Morgan fingerprint density at radius 2 is 1.06 bits per heavy atom. The van der Waals surface area contributed by atoms with Crippen LogP contribution < -0.4 is 9.47 Å². The van der Waals surface area contributed by atoms with E-state index in [1.807, 2.05) is 72.6 Å². The van der Waals surface area contributed by atoms with Gasteiger partial charge in [-0.1, -0.05) is 12.1 Å². The van der Waals surface area contributed by atoms with Crippen LogP contribution in [0.15, 0.2) is 24.3 Å². The molecule has 0 aliphatic heterocycles. The molecule has 0 N–H and O–H groups in total. The van der Waals surface area contributed by atoms with Gasteiger partial charge in [0.05, 0.1) is 0 Å². The number of benzene rings is 1. The summed E-state index contributed by atoms with van der Waals surface area (Å²) in [5, 5.41) is 0. The van der Waals surface area contributed by atoms with Gasteiger partial charge in [0, 0.05) is 0 Å². The van der Waals surface area contributed by atoms with Crippen molar-refractivity contribution in [3.63, 3.8) is 0 Å². The zero-order valence-corrected chi connectivity index (χ0v) is 12.2. The summed E-state index contributed by atoms with van der Waals surface area (Å²) in [7, 11) is 0. The Morgan fingerprint density at radius 1 is 0.778 bits per heavy atom. The molecule has 0 unspecified atom stereocenters. The summed E-state index contributed by atoms with van der Waals surface area (Å²) in [5.74, 6) is 1.59. The second-order valence-electron chi connectivity index (χ2n) is 5.88. The summed E-state index contributed by atoms with van der Waals surface area (Å²) in [4.78, 5) is 8.00. The third-order valence-electron chi connectivity index (χ3n) is 1.68. The van der Waals surface area contributed by atoms with E-state index in [2.05, 4.69) is 0 Å². The third kappa shape index (κ3) is 6.94. The van der Waals surface area contributed by atoms with Crippen LogP contribution in [0.5, 0.6) is 11.5 Å². The largest absolute Gasteiger partial charge is 0.484 e. The van der Waals surface area contributed by atoms with Gasteiger partial charge in [-0.25, -0.2) is 0 Å². The Hall–Kier alpha value is -1.51. The summed E-state index contributed by atoms with van der Waals surface area (Å²) in [6, 6.07) is 7.78. The second-order valence-corrected chi connectivity index (χ2v) is 5.88. The molecule has 0 aliphatic rings. The molecule has 3 heteroatoms. The average molecular weight is 252 g/mol. The molecule has 0 bridgehead atoms. The molecule has 0 radical (unpaired) electrons. The number of ether oxygens (including phenoxy) is 2. The van der Waals surface area contributed by atoms with Gasteiger partial charge in [0.2, 0.25) is 0 Å². The molecule has 0 heterocycles. The number of hydrogen-bond acceptors (Lipinski definition) is 3. The summed E-state index contributed by atoms with van der Waals surface area (Å²) < 4.78 is 11.7. The van der Waals surface area contributed by atoms with E-state index in [9.17, 15) is 0 Å². The Morgan fingerprint density at radius 3 is 1.28 bits per heavy atom. The Kier molecular flexibility index (Phi) is 5.89. The lowest BCUT2D eigenvalue weighted by Gasteiger charge is -2.27. The van der Waals surface area contributed by atoms with E-state index in [-0.39, 0.29) is 11.2 Å². The van der Waals surface area contributed by atoms with Crippen LogP contribution in [0.3, 0.4) is 0 Å². The van der Waals surface area contributed by atoms with Crippen LogP contribution >= 0.6 is 0 Å². The number of carbonyl (C=O) groups is 1. The molecule has 1 rings (SSSR count). The monoisotopic (exact) mass is 252 g/mol. The standard InChI is InChI=1S/C14H22O2.CH2O/c1-13(2,3)15-11-9-7-8-10-12(11)16-14(4,5)6;1-2/h7-10H,1-6H3;1H2. The first-order chi connectivity index (χ1) is 8.17. The summed E-state index contributed by atoms with van der Waals surface area (Å²) >= 11 is 0. The molecule has 1 aromatic carbocycles. The number of hydrogen-bond donors (Lipinski definition) is 0. The normalized spacial score (nSPS) is 11.2. The van der Waals surface area contributed by atoms with Gasteiger partial charge in [0.15, 0.2) is 11.5 Å². The number of carbonyl (C=O) groups excluding carboxylic acids is 1. The highest BCUT2D eigenvalue weighted by molar-refractivity contribution is 5.40. The molecule has 0 saturated carbocycles. The highest BCUT2D eigenvalue weighted by atomic mass is 16.5. The number of rotatable bonds is 2. The van der Waals surface area contributed by atoms with Crippen molar-refractivity contribution >= 4 is 6.79 Å². The van der Waals surface area contributed by atoms with Crippen molar-refractivity contribution in [1.82, 2.24) is 0 Å². The van der Waals surface area contributed by atoms with E-state index in [0.717, 1.165) is 11.5 Å². The highest BCUT2D eigenvalue weighted by Gasteiger charge is 2.18. The van der Waals surface area contributed by atoms with Gasteiger partial charge < -0.3 is 14.3 Å². The van der Waals surface area contributed by atoms with Gasteiger partial charge in [-0.2, -0.15) is 0 Å². The third-order valence-corrected chi connectivity index (χ3v) is 1.68. The van der Waals surface area contributed by atoms with Crippen LogP contribution in [0.4, 0.5) is 0 Å². The molecular formula is C15H24O3. The first-order valence-electron chi connectivity index (χ1n) is 5.93. The molecule has 0 fully saturated rings. The quantitative estimate of drug-likeness (QED) is 0.801. The fraction of sp³-hybridized carbons (Fsp3) is 0.533. The molecule has 102 valence electrons. The topological polar surface area (TPSA) is 35.5 Å². The van der Waals surface area contributed by atoms with Crippen molar-refractivity contribution in [3.05, 3.63) is 24.3 Å². The molecule has 18 heavy (non-hydrogen) atoms. The summed E-state index contributed by atoms with van der Waals surface area (Å²) in [6.45, 7) is 14.2. The maximum Gasteiger partial charge on any atom is 0.161 e. The van der Waals surface area contributed by atoms with E-state index >= 15 is 0 Å². The van der Waals surface area contributed by atoms with Crippen LogP contribution in [0.1, 0.15) is 41.5 Å². The predicted octanol–water partition coefficient (Wildman–Crippen LogP) is 3.86. The van der Waals surface area contributed by atoms with Crippen molar-refractivity contribution in [1.29, 1.82) is 0 Å². The van der Waals surface area contributed by atoms with Gasteiger partial charge in [-0.15, -0.1) is 0 Å². The van der Waals surface area contributed by atoms with Crippen LogP contribution in [-0.4, -0.2) is 18.0 Å². The SMILES string of the molecule is C=O.CC(C)(C)Oc1ccccc1OC(C)(C)C. The first-order valence-corrected chi connectivity index (χ1v) is 5.93. The maximum absolute atomic E-state index is 8.00. The van der Waals surface area contributed by atoms with E-state index < -0.39 is 0 Å². The molecule has 0 amide bonds. The average Bonchev–Trinajstić information content (AvgIpc) is 2.20. The van der Waals surface area contributed by atoms with E-state index in [1.54, 1.807) is 0 Å². The minimum absolute atomic E-state index is 0.211. The van der Waals surface area contributed by atoms with Crippen LogP contribution in [0.2, 0.25) is 0 Å². The molecule has 0 saturated heterocycles. The van der Waals surface area contributed by atoms with Gasteiger partial charge >= 0.3 is 0 Å². The summed E-state index contributed by atoms with van der Waals surface area (Å²) in [5.41, 5.74) is -0.422. The van der Waals surface area contributed by atoms with Crippen LogP contribution in [-0.2, 0) is 4.79 Å². The predicted molar refractivity (Wildman–Crippen MR) is 74.3 cm³/mol. The maximum atomic E-state index is 8.00. The van der Waals surface area contributed by atoms with Gasteiger partial charge in [-0.3, -0.25) is 0 Å². The van der Waals surface area contributed by atoms with Crippen LogP contribution in [0, 0.1) is 0 Å². The van der Waals surface area contributed by atoms with E-state index in [4.69, 9.17) is 14.3 Å². The number of para-hydroxylation sites is 2. The van der Waals surface area contributed by atoms with Crippen LogP contribution in [0.25, 0.3) is 0 Å². The molecule has 3 nitrogen and oxygen atoms in total. The smallest absolute Gasteiger partial charge is 0.161 e. The highest BCUT2D eigenvalue weighted by Crippen LogP contribution is 2.32.